The number of nitrogens with zero attached hydrogens (tertiary/aromatic N) is 3. The topological polar surface area (TPSA) is 622 Å². The molecule has 0 aliphatic heterocycles. The minimum Gasteiger partial charge on any atom is -0.481 e. The zero-order valence-corrected chi connectivity index (χ0v) is 43.7. The highest BCUT2D eigenvalue weighted by Gasteiger charge is 2.35. The summed E-state index contributed by atoms with van der Waals surface area (Å²) >= 11 is 0. The molecular formula is C43H80N20O15. The maximum Gasteiger partial charge on any atom is 0.305 e. The molecular weight excluding hydrogens is 1040 g/mol. The zero-order valence-electron chi connectivity index (χ0n) is 43.7. The molecule has 442 valence electrons. The minimum absolute atomic E-state index is 0.0153. The van der Waals surface area contributed by atoms with Crippen LogP contribution in [0.15, 0.2) is 15.0 Å². The monoisotopic (exact) mass is 1120 g/mol. The van der Waals surface area contributed by atoms with Crippen LogP contribution in [-0.2, 0) is 52.7 Å². The van der Waals surface area contributed by atoms with Crippen molar-refractivity contribution < 1.29 is 73.2 Å². The predicted octanol–water partition coefficient (Wildman–Crippen LogP) is -10.4. The van der Waals surface area contributed by atoms with Gasteiger partial charge in [-0.2, -0.15) is 0 Å². The van der Waals surface area contributed by atoms with Gasteiger partial charge >= 0.3 is 11.9 Å². The highest BCUT2D eigenvalue weighted by Crippen LogP contribution is 2.10. The van der Waals surface area contributed by atoms with Gasteiger partial charge in [0.05, 0.1) is 19.6 Å². The molecule has 0 aromatic carbocycles. The number of carbonyl (C=O) groups is 11. The van der Waals surface area contributed by atoms with Crippen molar-refractivity contribution in [3.63, 3.8) is 0 Å². The number of aliphatic imine (C=N–C) groups is 3. The first kappa shape index (κ1) is 69.8. The number of aliphatic hydroxyl groups excluding tert-OH is 2. The van der Waals surface area contributed by atoms with E-state index in [1.54, 1.807) is 0 Å². The van der Waals surface area contributed by atoms with E-state index in [2.05, 4.69) is 62.8 Å². The smallest absolute Gasteiger partial charge is 0.305 e. The summed E-state index contributed by atoms with van der Waals surface area (Å²) in [6.45, 7) is -0.539. The van der Waals surface area contributed by atoms with Crippen LogP contribution >= 0.6 is 0 Å². The predicted molar refractivity (Wildman–Crippen MR) is 279 cm³/mol. The van der Waals surface area contributed by atoms with Gasteiger partial charge in [0.25, 0.3) is 0 Å². The van der Waals surface area contributed by atoms with E-state index in [-0.39, 0.29) is 95.4 Å². The summed E-state index contributed by atoms with van der Waals surface area (Å²) in [6, 6.07) is -13.7. The molecule has 9 amide bonds. The number of carboxylic acids is 2. The number of hydrogen-bond donors (Lipinski definition) is 21. The van der Waals surface area contributed by atoms with E-state index in [4.69, 9.17) is 51.0 Å². The normalized spacial score (nSPS) is 14.2. The number of primary amides is 1. The molecule has 0 saturated heterocycles. The third-order valence-electron chi connectivity index (χ3n) is 11.0. The van der Waals surface area contributed by atoms with Crippen molar-refractivity contribution in [2.24, 2.45) is 60.8 Å². The molecule has 0 aliphatic rings. The molecule has 0 saturated carbocycles. The van der Waals surface area contributed by atoms with E-state index in [0.29, 0.717) is 6.42 Å². The lowest BCUT2D eigenvalue weighted by molar-refractivity contribution is -0.140. The fourth-order valence-corrected chi connectivity index (χ4v) is 6.82. The zero-order chi connectivity index (χ0) is 59.5. The number of amides is 9. The number of carboxylic acid groups (broad SMARTS) is 2. The average molecular weight is 1120 g/mol. The second kappa shape index (κ2) is 38.4. The maximum absolute atomic E-state index is 14.3. The molecule has 29 N–H and O–H groups in total. The van der Waals surface area contributed by atoms with Crippen LogP contribution in [0.4, 0.5) is 0 Å². The first-order valence-electron chi connectivity index (χ1n) is 24.6. The first-order chi connectivity index (χ1) is 36.7. The van der Waals surface area contributed by atoms with Gasteiger partial charge in [0.1, 0.15) is 54.4 Å². The number of nitrogens with one attached hydrogen (secondary N) is 9. The first-order valence-corrected chi connectivity index (χ1v) is 24.6. The number of aliphatic hydroxyl groups is 2. The van der Waals surface area contributed by atoms with Gasteiger partial charge in [-0.1, -0.05) is 0 Å². The van der Waals surface area contributed by atoms with Crippen LogP contribution in [0.5, 0.6) is 0 Å². The van der Waals surface area contributed by atoms with E-state index >= 15 is 0 Å². The number of guanidine groups is 3. The molecule has 0 rings (SSSR count). The van der Waals surface area contributed by atoms with Crippen molar-refractivity contribution >= 4 is 83.0 Å². The molecule has 0 radical (unpaired) electrons. The second-order valence-electron chi connectivity index (χ2n) is 17.4. The quantitative estimate of drug-likeness (QED) is 0.0154. The summed E-state index contributed by atoms with van der Waals surface area (Å²) in [4.78, 5) is 155. The average Bonchev–Trinajstić information content (AvgIpc) is 3.35. The maximum atomic E-state index is 14.3. The van der Waals surface area contributed by atoms with Crippen molar-refractivity contribution in [1.29, 1.82) is 0 Å². The van der Waals surface area contributed by atoms with E-state index < -0.39 is 152 Å². The van der Waals surface area contributed by atoms with Crippen molar-refractivity contribution in [2.75, 3.05) is 46.4 Å². The second-order valence-corrected chi connectivity index (χ2v) is 17.4. The van der Waals surface area contributed by atoms with Gasteiger partial charge in [-0.15, -0.1) is 0 Å². The van der Waals surface area contributed by atoms with Crippen molar-refractivity contribution in [2.45, 2.75) is 138 Å². The molecule has 0 unspecified atom stereocenters. The van der Waals surface area contributed by atoms with E-state index in [0.717, 1.165) is 6.92 Å². The molecule has 0 bridgehead atoms. The SMILES string of the molecule is CN[C@@H](CO)C(=O)N[C@@H](CCCN=C(N)N)C(=O)N[C@@H](CCC(=O)O)C(=O)N[C@@H](CCCCN)C(=O)N[C@@H](CCCN=C(N)N)C(=O)N[C@@H](CCCN=C(N)N)C(=O)N[C@@H](CO)C(=O)N[C@@H](C)C(=O)N[C@@H](CC(=O)O)C(N)=O. The van der Waals surface area contributed by atoms with Gasteiger partial charge in [0, 0.05) is 26.1 Å². The Hall–Kier alpha value is -8.18. The summed E-state index contributed by atoms with van der Waals surface area (Å²) in [6.07, 6.45) is -2.02. The minimum atomic E-state index is -1.79. The van der Waals surface area contributed by atoms with Crippen LogP contribution in [0, 0.1) is 0 Å². The van der Waals surface area contributed by atoms with E-state index in [1.807, 2.05) is 0 Å². The van der Waals surface area contributed by atoms with Crippen molar-refractivity contribution in [3.8, 4) is 0 Å². The van der Waals surface area contributed by atoms with Crippen molar-refractivity contribution in [1.82, 2.24) is 47.9 Å². The van der Waals surface area contributed by atoms with Crippen LogP contribution < -0.4 is 93.7 Å². The van der Waals surface area contributed by atoms with Gasteiger partial charge in [0.2, 0.25) is 53.2 Å². The van der Waals surface area contributed by atoms with Crippen LogP contribution in [0.25, 0.3) is 0 Å². The van der Waals surface area contributed by atoms with E-state index in [9.17, 15) is 68.1 Å². The molecule has 0 fully saturated rings. The number of rotatable bonds is 41. The van der Waals surface area contributed by atoms with Gasteiger partial charge in [-0.05, 0) is 84.7 Å². The standard InChI is InChI=1S/C43H80N20O15/c1-21(33(71)62-27(32(45)70)18-31(68)69)56-40(78)29(20-65)63-37(75)25(11-7-17-55-43(50)51)59-35(73)23(9-5-15-53-41(46)47)58-34(72)22(8-3-4-14-44)57-38(76)26(12-13-30(66)67)61-36(74)24(10-6-16-54-42(48)49)60-39(77)28(19-64)52-2/h21-29,52,64-65H,3-20,44H2,1-2H3,(H2,45,70)(H,56,78)(H,57,76)(H,58,72)(H,59,73)(H,60,77)(H,61,74)(H,62,71)(H,63,75)(H,66,67)(H,68,69)(H4,46,47,53)(H4,48,49,54)(H4,50,51,55)/t21-,22-,23-,24-,25-,26-,27-,28-,29-/m0/s1. The third-order valence-corrected chi connectivity index (χ3v) is 11.0. The van der Waals surface area contributed by atoms with Gasteiger partial charge in [-0.3, -0.25) is 67.7 Å². The molecule has 9 atom stereocenters. The Morgan fingerprint density at radius 2 is 0.731 bits per heavy atom. The van der Waals surface area contributed by atoms with Crippen LogP contribution in [0.3, 0.4) is 0 Å². The Kier molecular flexibility index (Phi) is 34.4. The highest BCUT2D eigenvalue weighted by molar-refractivity contribution is 5.98. The molecule has 35 nitrogen and oxygen atoms in total. The fourth-order valence-electron chi connectivity index (χ4n) is 6.82. The van der Waals surface area contributed by atoms with Gasteiger partial charge in [-0.25, -0.2) is 0 Å². The summed E-state index contributed by atoms with van der Waals surface area (Å²) < 4.78 is 0. The largest absolute Gasteiger partial charge is 0.481 e. The summed E-state index contributed by atoms with van der Waals surface area (Å²) in [5, 5.41) is 59.9. The lowest BCUT2D eigenvalue weighted by Gasteiger charge is -2.28. The number of likely N-dealkylation sites (N-methyl/N-ethyl adjacent to an activating group) is 1. The summed E-state index contributed by atoms with van der Waals surface area (Å²) in [5.74, 6) is -12.9. The Bertz CT molecular complexity index is 2100. The molecule has 35 heteroatoms. The Morgan fingerprint density at radius 1 is 0.410 bits per heavy atom. The molecule has 0 heterocycles. The van der Waals surface area contributed by atoms with Crippen LogP contribution in [-0.4, -0.2) is 204 Å². The molecule has 0 spiro atoms. The van der Waals surface area contributed by atoms with Crippen molar-refractivity contribution in [3.05, 3.63) is 0 Å². The number of nitrogens with two attached hydrogens (primary N) is 8. The number of aliphatic carboxylic acids is 2. The van der Waals surface area contributed by atoms with Gasteiger partial charge in [0.15, 0.2) is 17.9 Å². The Labute approximate surface area is 448 Å². The molecule has 0 aromatic heterocycles. The third kappa shape index (κ3) is 29.8. The number of unbranched alkanes of at least 4 members (excludes halogenated alkanes) is 1. The highest BCUT2D eigenvalue weighted by atomic mass is 16.4. The lowest BCUT2D eigenvalue weighted by Crippen LogP contribution is -2.60. The van der Waals surface area contributed by atoms with Crippen LogP contribution in [0.2, 0.25) is 0 Å². The lowest BCUT2D eigenvalue weighted by atomic mass is 10.0. The molecule has 0 aromatic rings. The number of hydrogen-bond acceptors (Lipinski definition) is 18. The summed E-state index contributed by atoms with van der Waals surface area (Å²) in [5.41, 5.74) is 43.5. The molecule has 0 aliphatic carbocycles. The molecule has 78 heavy (non-hydrogen) atoms. The summed E-state index contributed by atoms with van der Waals surface area (Å²) in [7, 11) is 1.38. The number of carbonyl (C=O) groups excluding carboxylic acids is 9. The fraction of sp³-hybridized carbons (Fsp3) is 0.674. The Balaban J connectivity index is 6.96. The van der Waals surface area contributed by atoms with Gasteiger partial charge < -0.3 is 114 Å². The Morgan fingerprint density at radius 3 is 1.04 bits per heavy atom. The van der Waals surface area contributed by atoms with Crippen LogP contribution in [0.1, 0.15) is 84.0 Å². The van der Waals surface area contributed by atoms with E-state index in [1.165, 1.54) is 7.05 Å².